The molecule has 1 N–H and O–H groups in total. The topological polar surface area (TPSA) is 21.3 Å². The van der Waals surface area contributed by atoms with Crippen LogP contribution in [0, 0.1) is 12.8 Å². The molecule has 1 saturated heterocycles. The summed E-state index contributed by atoms with van der Waals surface area (Å²) in [6.45, 7) is 12.0. The highest BCUT2D eigenvalue weighted by molar-refractivity contribution is 5.85. The van der Waals surface area contributed by atoms with Crippen LogP contribution in [0.2, 0.25) is 0 Å². The van der Waals surface area contributed by atoms with Crippen molar-refractivity contribution in [2.75, 3.05) is 19.7 Å². The zero-order valence-electron chi connectivity index (χ0n) is 13.2. The van der Waals surface area contributed by atoms with Gasteiger partial charge in [0.25, 0.3) is 0 Å². The predicted molar refractivity (Wildman–Crippen MR) is 88.2 cm³/mol. The summed E-state index contributed by atoms with van der Waals surface area (Å²) in [5, 5.41) is 3.45. The first kappa shape index (κ1) is 17.3. The Bertz CT molecular complexity index is 419. The minimum absolute atomic E-state index is 0. The Morgan fingerprint density at radius 1 is 1.30 bits per heavy atom. The summed E-state index contributed by atoms with van der Waals surface area (Å²) in [6, 6.07) is 6.53. The molecule has 1 aliphatic heterocycles. The van der Waals surface area contributed by atoms with Crippen LogP contribution in [0.5, 0.6) is 5.75 Å². The summed E-state index contributed by atoms with van der Waals surface area (Å²) in [6.07, 6.45) is 2.55. The van der Waals surface area contributed by atoms with E-state index in [-0.39, 0.29) is 17.8 Å². The Labute approximate surface area is 129 Å². The number of hydrogen-bond acceptors (Lipinski definition) is 2. The van der Waals surface area contributed by atoms with Crippen LogP contribution in [-0.2, 0) is 5.41 Å². The molecule has 2 nitrogen and oxygen atoms in total. The van der Waals surface area contributed by atoms with E-state index in [0.29, 0.717) is 5.92 Å². The minimum atomic E-state index is 0. The van der Waals surface area contributed by atoms with Crippen LogP contribution in [-0.4, -0.2) is 19.7 Å². The lowest BCUT2D eigenvalue weighted by molar-refractivity contribution is 0.215. The molecule has 0 amide bonds. The second kappa shape index (κ2) is 7.33. The van der Waals surface area contributed by atoms with Gasteiger partial charge < -0.3 is 10.1 Å². The SMILES string of the molecule is Cc1ccc(OCC2CCCNC2)c(C(C)(C)C)c1.Cl. The summed E-state index contributed by atoms with van der Waals surface area (Å²) in [7, 11) is 0. The average molecular weight is 298 g/mol. The number of hydrogen-bond donors (Lipinski definition) is 1. The van der Waals surface area contributed by atoms with Crippen molar-refractivity contribution < 1.29 is 4.74 Å². The number of benzene rings is 1. The summed E-state index contributed by atoms with van der Waals surface area (Å²) in [5.41, 5.74) is 2.75. The molecule has 0 aromatic heterocycles. The predicted octanol–water partition coefficient (Wildman–Crippen LogP) is 4.09. The van der Waals surface area contributed by atoms with Gasteiger partial charge in [0.15, 0.2) is 0 Å². The van der Waals surface area contributed by atoms with E-state index in [1.165, 1.54) is 24.0 Å². The van der Waals surface area contributed by atoms with Gasteiger partial charge in [-0.1, -0.05) is 38.5 Å². The maximum absolute atomic E-state index is 6.12. The molecule has 0 spiro atoms. The number of nitrogens with one attached hydrogen (secondary N) is 1. The lowest BCUT2D eigenvalue weighted by Gasteiger charge is -2.26. The van der Waals surface area contributed by atoms with Crippen LogP contribution >= 0.6 is 12.4 Å². The van der Waals surface area contributed by atoms with Crippen molar-refractivity contribution in [3.8, 4) is 5.75 Å². The second-order valence-electron chi connectivity index (χ2n) is 6.77. The first-order valence-corrected chi connectivity index (χ1v) is 7.41. The lowest BCUT2D eigenvalue weighted by atomic mass is 9.85. The molecule has 1 aromatic carbocycles. The highest BCUT2D eigenvalue weighted by Gasteiger charge is 2.20. The van der Waals surface area contributed by atoms with Gasteiger partial charge in [0, 0.05) is 12.5 Å². The molecule has 0 saturated carbocycles. The first-order chi connectivity index (χ1) is 8.97. The molecule has 0 radical (unpaired) electrons. The van der Waals surface area contributed by atoms with E-state index in [1.54, 1.807) is 0 Å². The maximum atomic E-state index is 6.12. The minimum Gasteiger partial charge on any atom is -0.493 e. The first-order valence-electron chi connectivity index (χ1n) is 7.41. The maximum Gasteiger partial charge on any atom is 0.123 e. The molecule has 1 atom stereocenters. The van der Waals surface area contributed by atoms with Crippen molar-refractivity contribution in [1.82, 2.24) is 5.32 Å². The zero-order valence-corrected chi connectivity index (χ0v) is 14.0. The van der Waals surface area contributed by atoms with E-state index < -0.39 is 0 Å². The van der Waals surface area contributed by atoms with Crippen molar-refractivity contribution >= 4 is 12.4 Å². The summed E-state index contributed by atoms with van der Waals surface area (Å²) < 4.78 is 6.12. The molecule has 1 heterocycles. The fourth-order valence-electron chi connectivity index (χ4n) is 2.63. The Morgan fingerprint density at radius 2 is 2.05 bits per heavy atom. The largest absolute Gasteiger partial charge is 0.493 e. The Balaban J connectivity index is 0.00000200. The van der Waals surface area contributed by atoms with Gasteiger partial charge in [-0.05, 0) is 43.4 Å². The second-order valence-corrected chi connectivity index (χ2v) is 6.77. The van der Waals surface area contributed by atoms with Crippen LogP contribution in [0.1, 0.15) is 44.7 Å². The molecule has 0 bridgehead atoms. The molecule has 2 rings (SSSR count). The van der Waals surface area contributed by atoms with E-state index >= 15 is 0 Å². The zero-order chi connectivity index (χ0) is 13.9. The molecule has 3 heteroatoms. The Hall–Kier alpha value is -0.730. The van der Waals surface area contributed by atoms with Gasteiger partial charge in [0.05, 0.1) is 6.61 Å². The van der Waals surface area contributed by atoms with Gasteiger partial charge in [-0.2, -0.15) is 0 Å². The number of aryl methyl sites for hydroxylation is 1. The van der Waals surface area contributed by atoms with Crippen LogP contribution in [0.3, 0.4) is 0 Å². The van der Waals surface area contributed by atoms with Gasteiger partial charge in [0.1, 0.15) is 5.75 Å². The number of ether oxygens (including phenoxy) is 1. The van der Waals surface area contributed by atoms with E-state index in [9.17, 15) is 0 Å². The van der Waals surface area contributed by atoms with Crippen LogP contribution < -0.4 is 10.1 Å². The number of rotatable bonds is 3. The quantitative estimate of drug-likeness (QED) is 0.907. The van der Waals surface area contributed by atoms with E-state index in [4.69, 9.17) is 4.74 Å². The van der Waals surface area contributed by atoms with Crippen molar-refractivity contribution in [3.63, 3.8) is 0 Å². The average Bonchev–Trinajstić information content (AvgIpc) is 2.37. The smallest absolute Gasteiger partial charge is 0.123 e. The third-order valence-corrected chi connectivity index (χ3v) is 3.82. The number of piperidine rings is 1. The molecule has 1 aliphatic rings. The molecule has 1 fully saturated rings. The van der Waals surface area contributed by atoms with Gasteiger partial charge in [0.2, 0.25) is 0 Å². The molecule has 0 aliphatic carbocycles. The molecule has 1 aromatic rings. The van der Waals surface area contributed by atoms with Crippen molar-refractivity contribution in [2.45, 2.75) is 46.0 Å². The van der Waals surface area contributed by atoms with Gasteiger partial charge in [-0.15, -0.1) is 12.4 Å². The Kier molecular flexibility index (Phi) is 6.35. The third-order valence-electron chi connectivity index (χ3n) is 3.82. The number of halogens is 1. The standard InChI is InChI=1S/C17H27NO.ClH/c1-13-7-8-16(15(10-13)17(2,3)4)19-12-14-6-5-9-18-11-14;/h7-8,10,14,18H,5-6,9,11-12H2,1-4H3;1H. The van der Waals surface area contributed by atoms with Crippen molar-refractivity contribution in [2.24, 2.45) is 5.92 Å². The molecule has 114 valence electrons. The fraction of sp³-hybridized carbons (Fsp3) is 0.647. The van der Waals surface area contributed by atoms with Crippen LogP contribution in [0.25, 0.3) is 0 Å². The van der Waals surface area contributed by atoms with Gasteiger partial charge in [-0.25, -0.2) is 0 Å². The molecule has 20 heavy (non-hydrogen) atoms. The van der Waals surface area contributed by atoms with E-state index in [0.717, 1.165) is 25.4 Å². The summed E-state index contributed by atoms with van der Waals surface area (Å²) >= 11 is 0. The normalized spacial score (nSPS) is 19.3. The summed E-state index contributed by atoms with van der Waals surface area (Å²) in [4.78, 5) is 0. The highest BCUT2D eigenvalue weighted by atomic mass is 35.5. The van der Waals surface area contributed by atoms with Gasteiger partial charge in [-0.3, -0.25) is 0 Å². The molecule has 1 unspecified atom stereocenters. The van der Waals surface area contributed by atoms with Crippen molar-refractivity contribution in [3.05, 3.63) is 29.3 Å². The third kappa shape index (κ3) is 4.68. The molecular weight excluding hydrogens is 270 g/mol. The summed E-state index contributed by atoms with van der Waals surface area (Å²) in [5.74, 6) is 1.71. The molecular formula is C17H28ClNO. The Morgan fingerprint density at radius 3 is 2.65 bits per heavy atom. The van der Waals surface area contributed by atoms with Crippen molar-refractivity contribution in [1.29, 1.82) is 0 Å². The van der Waals surface area contributed by atoms with E-state index in [2.05, 4.69) is 51.2 Å². The van der Waals surface area contributed by atoms with Gasteiger partial charge >= 0.3 is 0 Å². The van der Waals surface area contributed by atoms with Crippen LogP contribution in [0.15, 0.2) is 18.2 Å². The fourth-order valence-corrected chi connectivity index (χ4v) is 2.63. The highest BCUT2D eigenvalue weighted by Crippen LogP contribution is 2.32. The van der Waals surface area contributed by atoms with E-state index in [1.807, 2.05) is 0 Å². The monoisotopic (exact) mass is 297 g/mol. The lowest BCUT2D eigenvalue weighted by Crippen LogP contribution is -2.33. The van der Waals surface area contributed by atoms with Crippen LogP contribution in [0.4, 0.5) is 0 Å².